The highest BCUT2D eigenvalue weighted by atomic mass is 79.9. The number of hydrogen-bond acceptors (Lipinski definition) is 2. The Balaban J connectivity index is 2.05. The van der Waals surface area contributed by atoms with Crippen LogP contribution < -0.4 is 4.90 Å². The molecule has 0 aromatic carbocycles. The van der Waals surface area contributed by atoms with Crippen LogP contribution in [0.25, 0.3) is 0 Å². The fourth-order valence-electron chi connectivity index (χ4n) is 2.01. The summed E-state index contributed by atoms with van der Waals surface area (Å²) in [6, 6.07) is 2.14. The quantitative estimate of drug-likeness (QED) is 0.776. The van der Waals surface area contributed by atoms with Crippen molar-refractivity contribution in [3.63, 3.8) is 0 Å². The van der Waals surface area contributed by atoms with Gasteiger partial charge in [0.15, 0.2) is 0 Å². The molecular weight excluding hydrogens is 288 g/mol. The largest absolute Gasteiger partial charge is 0.357 e. The van der Waals surface area contributed by atoms with Crippen molar-refractivity contribution in [2.45, 2.75) is 19.8 Å². The van der Waals surface area contributed by atoms with Gasteiger partial charge in [-0.15, -0.1) is 11.6 Å². The Labute approximate surface area is 110 Å². The molecule has 1 aliphatic rings. The Bertz CT molecular complexity index is 362. The fraction of sp³-hybridized carbons (Fsp3) is 0.583. The Morgan fingerprint density at radius 2 is 2.19 bits per heavy atom. The summed E-state index contributed by atoms with van der Waals surface area (Å²) in [6.45, 7) is 4.25. The normalized spacial score (nSPS) is 17.8. The molecule has 0 radical (unpaired) electrons. The topological polar surface area (TPSA) is 16.1 Å². The van der Waals surface area contributed by atoms with Crippen LogP contribution in [-0.2, 0) is 0 Å². The molecule has 1 saturated heterocycles. The van der Waals surface area contributed by atoms with Gasteiger partial charge in [0.2, 0.25) is 0 Å². The van der Waals surface area contributed by atoms with Crippen molar-refractivity contribution in [1.82, 2.24) is 4.98 Å². The van der Waals surface area contributed by atoms with E-state index in [4.69, 9.17) is 11.6 Å². The van der Waals surface area contributed by atoms with Gasteiger partial charge in [0, 0.05) is 29.6 Å². The molecule has 1 aliphatic heterocycles. The van der Waals surface area contributed by atoms with Crippen LogP contribution in [0.1, 0.15) is 18.4 Å². The summed E-state index contributed by atoms with van der Waals surface area (Å²) in [7, 11) is 0. The van der Waals surface area contributed by atoms with E-state index >= 15 is 0 Å². The van der Waals surface area contributed by atoms with Crippen LogP contribution in [0.15, 0.2) is 16.7 Å². The number of halogens is 2. The number of anilines is 1. The highest BCUT2D eigenvalue weighted by Gasteiger charge is 2.19. The van der Waals surface area contributed by atoms with E-state index in [9.17, 15) is 0 Å². The van der Waals surface area contributed by atoms with Gasteiger partial charge in [0.1, 0.15) is 5.82 Å². The van der Waals surface area contributed by atoms with Crippen LogP contribution in [0, 0.1) is 12.8 Å². The number of pyridine rings is 1. The molecule has 1 aromatic heterocycles. The monoisotopic (exact) mass is 302 g/mol. The lowest BCUT2D eigenvalue weighted by Crippen LogP contribution is -2.34. The molecule has 16 heavy (non-hydrogen) atoms. The highest BCUT2D eigenvalue weighted by molar-refractivity contribution is 9.10. The van der Waals surface area contributed by atoms with Gasteiger partial charge in [-0.3, -0.25) is 0 Å². The Kier molecular flexibility index (Phi) is 4.09. The molecule has 2 rings (SSSR count). The van der Waals surface area contributed by atoms with Gasteiger partial charge in [0.05, 0.1) is 0 Å². The van der Waals surface area contributed by atoms with Gasteiger partial charge in [0.25, 0.3) is 0 Å². The standard InChI is InChI=1S/C12H16BrClN2/c1-9-6-12(15-8-11(9)13)16-4-2-10(7-14)3-5-16/h6,8,10H,2-5,7H2,1H3. The zero-order valence-corrected chi connectivity index (χ0v) is 11.8. The van der Waals surface area contributed by atoms with Crippen LogP contribution in [0.5, 0.6) is 0 Å². The third-order valence-corrected chi connectivity index (χ3v) is 4.46. The number of hydrogen-bond donors (Lipinski definition) is 0. The van der Waals surface area contributed by atoms with E-state index in [1.807, 2.05) is 6.20 Å². The molecule has 0 spiro atoms. The van der Waals surface area contributed by atoms with Crippen molar-refractivity contribution in [3.05, 3.63) is 22.3 Å². The molecule has 0 aliphatic carbocycles. The van der Waals surface area contributed by atoms with Crippen molar-refractivity contribution < 1.29 is 0 Å². The van der Waals surface area contributed by atoms with Crippen LogP contribution in [0.2, 0.25) is 0 Å². The minimum absolute atomic E-state index is 0.689. The van der Waals surface area contributed by atoms with E-state index in [-0.39, 0.29) is 0 Å². The minimum Gasteiger partial charge on any atom is -0.357 e. The predicted octanol–water partition coefficient (Wildman–Crippen LogP) is 3.61. The number of alkyl halides is 1. The second kappa shape index (κ2) is 5.37. The molecule has 1 aromatic rings. The van der Waals surface area contributed by atoms with Crippen molar-refractivity contribution in [2.75, 3.05) is 23.9 Å². The number of nitrogens with zero attached hydrogens (tertiary/aromatic N) is 2. The maximum atomic E-state index is 5.88. The third-order valence-electron chi connectivity index (χ3n) is 3.19. The summed E-state index contributed by atoms with van der Waals surface area (Å²) in [5.74, 6) is 2.57. The summed E-state index contributed by atoms with van der Waals surface area (Å²) >= 11 is 9.36. The highest BCUT2D eigenvalue weighted by Crippen LogP contribution is 2.25. The second-order valence-electron chi connectivity index (χ2n) is 4.38. The Morgan fingerprint density at radius 1 is 1.50 bits per heavy atom. The van der Waals surface area contributed by atoms with Crippen LogP contribution in [-0.4, -0.2) is 24.0 Å². The lowest BCUT2D eigenvalue weighted by Gasteiger charge is -2.32. The zero-order chi connectivity index (χ0) is 11.5. The van der Waals surface area contributed by atoms with Gasteiger partial charge >= 0.3 is 0 Å². The van der Waals surface area contributed by atoms with Gasteiger partial charge in [-0.1, -0.05) is 0 Å². The smallest absolute Gasteiger partial charge is 0.128 e. The van der Waals surface area contributed by atoms with E-state index in [1.54, 1.807) is 0 Å². The maximum absolute atomic E-state index is 5.88. The first-order valence-electron chi connectivity index (χ1n) is 5.63. The van der Waals surface area contributed by atoms with Gasteiger partial charge in [-0.05, 0) is 53.2 Å². The predicted molar refractivity (Wildman–Crippen MR) is 72.3 cm³/mol. The Morgan fingerprint density at radius 3 is 2.75 bits per heavy atom. The van der Waals surface area contributed by atoms with Crippen molar-refractivity contribution >= 4 is 33.3 Å². The molecule has 0 N–H and O–H groups in total. The van der Waals surface area contributed by atoms with Gasteiger partial charge in [-0.2, -0.15) is 0 Å². The minimum atomic E-state index is 0.689. The van der Waals surface area contributed by atoms with Crippen LogP contribution in [0.4, 0.5) is 5.82 Å². The zero-order valence-electron chi connectivity index (χ0n) is 9.42. The molecular formula is C12H16BrClN2. The first-order valence-corrected chi connectivity index (χ1v) is 6.96. The molecule has 2 nitrogen and oxygen atoms in total. The van der Waals surface area contributed by atoms with Crippen molar-refractivity contribution in [2.24, 2.45) is 5.92 Å². The number of piperidine rings is 1. The SMILES string of the molecule is Cc1cc(N2CCC(CCl)CC2)ncc1Br. The van der Waals surface area contributed by atoms with Crippen molar-refractivity contribution in [3.8, 4) is 0 Å². The molecule has 2 heterocycles. The summed E-state index contributed by atoms with van der Waals surface area (Å²) in [6.07, 6.45) is 4.25. The summed E-state index contributed by atoms with van der Waals surface area (Å²) in [5.41, 5.74) is 1.24. The molecule has 4 heteroatoms. The van der Waals surface area contributed by atoms with Gasteiger partial charge in [-0.25, -0.2) is 4.98 Å². The lowest BCUT2D eigenvalue weighted by atomic mass is 9.99. The second-order valence-corrected chi connectivity index (χ2v) is 5.54. The average Bonchev–Trinajstić information content (AvgIpc) is 2.33. The van der Waals surface area contributed by atoms with E-state index in [1.165, 1.54) is 18.4 Å². The maximum Gasteiger partial charge on any atom is 0.128 e. The summed E-state index contributed by atoms with van der Waals surface area (Å²) in [5, 5.41) is 0. The number of rotatable bonds is 2. The number of aryl methyl sites for hydroxylation is 1. The number of aromatic nitrogens is 1. The van der Waals surface area contributed by atoms with Crippen LogP contribution >= 0.6 is 27.5 Å². The average molecular weight is 304 g/mol. The molecule has 1 fully saturated rings. The third kappa shape index (κ3) is 2.69. The molecule has 0 unspecified atom stereocenters. The van der Waals surface area contributed by atoms with Crippen LogP contribution in [0.3, 0.4) is 0 Å². The lowest BCUT2D eigenvalue weighted by molar-refractivity contribution is 0.441. The van der Waals surface area contributed by atoms with Crippen molar-refractivity contribution in [1.29, 1.82) is 0 Å². The van der Waals surface area contributed by atoms with E-state index in [2.05, 4.69) is 38.8 Å². The first kappa shape index (κ1) is 12.2. The molecule has 0 saturated carbocycles. The summed E-state index contributed by atoms with van der Waals surface area (Å²) in [4.78, 5) is 6.81. The Hall–Kier alpha value is -0.280. The molecule has 0 bridgehead atoms. The van der Waals surface area contributed by atoms with E-state index in [0.717, 1.165) is 29.3 Å². The first-order chi connectivity index (χ1) is 7.70. The molecule has 0 atom stereocenters. The van der Waals surface area contributed by atoms with E-state index < -0.39 is 0 Å². The molecule has 0 amide bonds. The van der Waals surface area contributed by atoms with E-state index in [0.29, 0.717) is 5.92 Å². The van der Waals surface area contributed by atoms with Gasteiger partial charge < -0.3 is 4.90 Å². The molecule has 88 valence electrons. The summed E-state index contributed by atoms with van der Waals surface area (Å²) < 4.78 is 1.08. The fourth-order valence-corrected chi connectivity index (χ4v) is 2.54.